The van der Waals surface area contributed by atoms with Crippen LogP contribution in [0.3, 0.4) is 0 Å². The zero-order chi connectivity index (χ0) is 14.4. The number of oxime groups is 1. The molecule has 7 heteroatoms. The quantitative estimate of drug-likeness (QED) is 0.328. The molecule has 2 rings (SSSR count). The van der Waals surface area contributed by atoms with E-state index in [1.54, 1.807) is 24.3 Å². The molecular formula is C13H13N5O2. The Morgan fingerprint density at radius 1 is 1.30 bits per heavy atom. The van der Waals surface area contributed by atoms with Crippen LogP contribution in [0.15, 0.2) is 54.1 Å². The van der Waals surface area contributed by atoms with Gasteiger partial charge in [-0.2, -0.15) is 0 Å². The minimum absolute atomic E-state index is 0.117. The van der Waals surface area contributed by atoms with Crippen LogP contribution in [-0.2, 0) is 0 Å². The first kappa shape index (κ1) is 13.5. The molecule has 7 nitrogen and oxygen atoms in total. The van der Waals surface area contributed by atoms with Crippen LogP contribution >= 0.6 is 0 Å². The highest BCUT2D eigenvalue weighted by Gasteiger charge is 2.20. The van der Waals surface area contributed by atoms with Crippen molar-refractivity contribution in [2.45, 2.75) is 6.04 Å². The van der Waals surface area contributed by atoms with E-state index in [0.29, 0.717) is 5.56 Å². The lowest BCUT2D eigenvalue weighted by Crippen LogP contribution is -2.38. The Morgan fingerprint density at radius 3 is 2.65 bits per heavy atom. The van der Waals surface area contributed by atoms with Crippen molar-refractivity contribution in [3.05, 3.63) is 60.2 Å². The van der Waals surface area contributed by atoms with Gasteiger partial charge in [0.2, 0.25) is 0 Å². The third-order valence-corrected chi connectivity index (χ3v) is 2.62. The standard InChI is InChI=1S/C13H13N5O2/c14-12(18-20)11(9-4-2-1-3-5-9)17-13(19)10-8-15-6-7-16-10/h1-8,11,20H,(H2,14,18)(H,17,19). The number of amides is 1. The number of aromatic nitrogens is 2. The van der Waals surface area contributed by atoms with Crippen molar-refractivity contribution < 1.29 is 10.0 Å². The number of nitrogens with zero attached hydrogens (tertiary/aromatic N) is 3. The smallest absolute Gasteiger partial charge is 0.272 e. The van der Waals surface area contributed by atoms with Crippen LogP contribution in [0.1, 0.15) is 22.1 Å². The van der Waals surface area contributed by atoms with E-state index in [1.165, 1.54) is 18.6 Å². The summed E-state index contributed by atoms with van der Waals surface area (Å²) in [6.45, 7) is 0. The van der Waals surface area contributed by atoms with Crippen molar-refractivity contribution in [2.24, 2.45) is 10.9 Å². The highest BCUT2D eigenvalue weighted by Crippen LogP contribution is 2.13. The Kier molecular flexibility index (Phi) is 4.23. The van der Waals surface area contributed by atoms with Gasteiger partial charge in [0.25, 0.3) is 5.91 Å². The Bertz CT molecular complexity index is 601. The Morgan fingerprint density at radius 2 is 2.05 bits per heavy atom. The number of benzene rings is 1. The molecule has 0 saturated carbocycles. The van der Waals surface area contributed by atoms with Crippen molar-refractivity contribution in [1.82, 2.24) is 15.3 Å². The van der Waals surface area contributed by atoms with Crippen molar-refractivity contribution in [2.75, 3.05) is 0 Å². The minimum Gasteiger partial charge on any atom is -0.409 e. The molecule has 0 fully saturated rings. The first-order valence-corrected chi connectivity index (χ1v) is 5.81. The summed E-state index contributed by atoms with van der Waals surface area (Å²) in [4.78, 5) is 19.8. The highest BCUT2D eigenvalue weighted by atomic mass is 16.4. The van der Waals surface area contributed by atoms with Gasteiger partial charge in [0.15, 0.2) is 5.84 Å². The van der Waals surface area contributed by atoms with Crippen LogP contribution in [0.25, 0.3) is 0 Å². The molecule has 0 aliphatic rings. The van der Waals surface area contributed by atoms with Gasteiger partial charge in [-0.15, -0.1) is 0 Å². The van der Waals surface area contributed by atoms with Crippen molar-refractivity contribution in [1.29, 1.82) is 0 Å². The zero-order valence-corrected chi connectivity index (χ0v) is 10.5. The molecule has 0 spiro atoms. The number of nitrogens with one attached hydrogen (secondary N) is 1. The number of nitrogens with two attached hydrogens (primary N) is 1. The molecule has 1 aromatic heterocycles. The molecule has 4 N–H and O–H groups in total. The summed E-state index contributed by atoms with van der Waals surface area (Å²) in [6.07, 6.45) is 4.22. The number of hydrogen-bond acceptors (Lipinski definition) is 5. The molecule has 0 aliphatic heterocycles. The van der Waals surface area contributed by atoms with Gasteiger partial charge in [-0.25, -0.2) is 4.98 Å². The third-order valence-electron chi connectivity index (χ3n) is 2.62. The van der Waals surface area contributed by atoms with Crippen LogP contribution in [0.5, 0.6) is 0 Å². The molecule has 1 heterocycles. The first-order chi connectivity index (χ1) is 9.72. The van der Waals surface area contributed by atoms with Gasteiger partial charge in [-0.3, -0.25) is 9.78 Å². The van der Waals surface area contributed by atoms with E-state index in [4.69, 9.17) is 10.9 Å². The van der Waals surface area contributed by atoms with Crippen LogP contribution < -0.4 is 11.1 Å². The van der Waals surface area contributed by atoms with Gasteiger partial charge in [-0.05, 0) is 5.56 Å². The van der Waals surface area contributed by atoms with E-state index in [0.717, 1.165) is 0 Å². The first-order valence-electron chi connectivity index (χ1n) is 5.81. The molecule has 1 aromatic carbocycles. The fourth-order valence-corrected chi connectivity index (χ4v) is 1.65. The summed E-state index contributed by atoms with van der Waals surface area (Å²) in [5.74, 6) is -0.577. The molecular weight excluding hydrogens is 258 g/mol. The molecule has 102 valence electrons. The Labute approximate surface area is 115 Å². The van der Waals surface area contributed by atoms with Gasteiger partial charge in [0.05, 0.1) is 6.20 Å². The Balaban J connectivity index is 2.24. The topological polar surface area (TPSA) is 113 Å². The van der Waals surface area contributed by atoms with Gasteiger partial charge in [0.1, 0.15) is 11.7 Å². The maximum atomic E-state index is 12.0. The molecule has 2 aromatic rings. The van der Waals surface area contributed by atoms with E-state index in [9.17, 15) is 4.79 Å². The Hall–Kier alpha value is -2.96. The molecule has 0 aliphatic carbocycles. The van der Waals surface area contributed by atoms with E-state index in [-0.39, 0.29) is 11.5 Å². The molecule has 1 amide bonds. The molecule has 0 bridgehead atoms. The summed E-state index contributed by atoms with van der Waals surface area (Å²) in [5, 5.41) is 14.4. The van der Waals surface area contributed by atoms with E-state index >= 15 is 0 Å². The molecule has 1 unspecified atom stereocenters. The van der Waals surface area contributed by atoms with Crippen LogP contribution in [-0.4, -0.2) is 26.9 Å². The van der Waals surface area contributed by atoms with E-state index < -0.39 is 11.9 Å². The summed E-state index contributed by atoms with van der Waals surface area (Å²) < 4.78 is 0. The summed E-state index contributed by atoms with van der Waals surface area (Å²) in [5.41, 5.74) is 6.47. The second-order valence-corrected chi connectivity index (χ2v) is 3.93. The lowest BCUT2D eigenvalue weighted by Gasteiger charge is -2.17. The second kappa shape index (κ2) is 6.28. The molecule has 20 heavy (non-hydrogen) atoms. The predicted octanol–water partition coefficient (Wildman–Crippen LogP) is 0.694. The number of amidine groups is 1. The number of rotatable bonds is 4. The molecule has 0 saturated heterocycles. The zero-order valence-electron chi connectivity index (χ0n) is 10.5. The van der Waals surface area contributed by atoms with Gasteiger partial charge in [-0.1, -0.05) is 35.5 Å². The maximum absolute atomic E-state index is 12.0. The fourth-order valence-electron chi connectivity index (χ4n) is 1.65. The van der Waals surface area contributed by atoms with Gasteiger partial charge >= 0.3 is 0 Å². The average Bonchev–Trinajstić information content (AvgIpc) is 2.53. The normalized spacial score (nSPS) is 12.7. The minimum atomic E-state index is -0.740. The van der Waals surface area contributed by atoms with Crippen LogP contribution in [0, 0.1) is 0 Å². The monoisotopic (exact) mass is 271 g/mol. The van der Waals surface area contributed by atoms with E-state index in [1.807, 2.05) is 6.07 Å². The predicted molar refractivity (Wildman–Crippen MR) is 72.1 cm³/mol. The lowest BCUT2D eigenvalue weighted by atomic mass is 10.1. The lowest BCUT2D eigenvalue weighted by molar-refractivity contribution is 0.0940. The maximum Gasteiger partial charge on any atom is 0.272 e. The number of hydrogen-bond donors (Lipinski definition) is 3. The third kappa shape index (κ3) is 3.08. The van der Waals surface area contributed by atoms with Crippen LogP contribution in [0.2, 0.25) is 0 Å². The average molecular weight is 271 g/mol. The number of carbonyl (C=O) groups excluding carboxylic acids is 1. The van der Waals surface area contributed by atoms with E-state index in [2.05, 4.69) is 20.4 Å². The van der Waals surface area contributed by atoms with Crippen molar-refractivity contribution in [3.8, 4) is 0 Å². The summed E-state index contributed by atoms with van der Waals surface area (Å²) >= 11 is 0. The summed E-state index contributed by atoms with van der Waals surface area (Å²) in [7, 11) is 0. The SMILES string of the molecule is NC(=NO)C(NC(=O)c1cnccn1)c1ccccc1. The summed E-state index contributed by atoms with van der Waals surface area (Å²) in [6, 6.07) is 8.20. The number of carbonyl (C=O) groups is 1. The second-order valence-electron chi connectivity index (χ2n) is 3.93. The fraction of sp³-hybridized carbons (Fsp3) is 0.0769. The highest BCUT2D eigenvalue weighted by molar-refractivity contribution is 5.97. The molecule has 1 atom stereocenters. The van der Waals surface area contributed by atoms with Gasteiger partial charge < -0.3 is 16.3 Å². The van der Waals surface area contributed by atoms with Crippen LogP contribution in [0.4, 0.5) is 0 Å². The van der Waals surface area contributed by atoms with Crippen molar-refractivity contribution in [3.63, 3.8) is 0 Å². The van der Waals surface area contributed by atoms with Crippen molar-refractivity contribution >= 4 is 11.7 Å². The molecule has 0 radical (unpaired) electrons. The van der Waals surface area contributed by atoms with Gasteiger partial charge in [0, 0.05) is 12.4 Å². The largest absolute Gasteiger partial charge is 0.409 e.